The van der Waals surface area contributed by atoms with Crippen LogP contribution in [0.15, 0.2) is 10.7 Å². The molecular formula is C11H13BrN6O. The van der Waals surface area contributed by atoms with Gasteiger partial charge < -0.3 is 15.4 Å². The minimum absolute atomic E-state index is 0.502. The van der Waals surface area contributed by atoms with Crippen molar-refractivity contribution in [2.75, 3.05) is 23.8 Å². The SMILES string of the molecule is Cc1[nH]nc2c1Nc1ncc(Br)c(n1)NCCCO2. The standard InChI is InChI=1S/C11H13BrN6O/c1-6-8-10(18-17-6)19-4-2-3-13-9-7(12)5-14-11(15-8)16-9/h5H,2-4H2,1H3,(H,17,18)(H2,13,14,15,16). The molecule has 0 saturated carbocycles. The van der Waals surface area contributed by atoms with Crippen LogP contribution in [0, 0.1) is 6.92 Å². The molecule has 0 unspecified atom stereocenters. The zero-order valence-corrected chi connectivity index (χ0v) is 11.9. The van der Waals surface area contributed by atoms with Gasteiger partial charge in [0.2, 0.25) is 5.95 Å². The highest BCUT2D eigenvalue weighted by atomic mass is 79.9. The number of ether oxygens (including phenoxy) is 1. The Bertz CT molecular complexity index is 599. The lowest BCUT2D eigenvalue weighted by Gasteiger charge is -2.08. The van der Waals surface area contributed by atoms with Crippen LogP contribution in [-0.4, -0.2) is 33.3 Å². The number of nitrogens with one attached hydrogen (secondary N) is 3. The lowest BCUT2D eigenvalue weighted by molar-refractivity contribution is 0.304. The first-order valence-corrected chi connectivity index (χ1v) is 6.74. The fourth-order valence-corrected chi connectivity index (χ4v) is 2.10. The topological polar surface area (TPSA) is 87.8 Å². The third-order valence-corrected chi connectivity index (χ3v) is 3.33. The van der Waals surface area contributed by atoms with Gasteiger partial charge in [-0.25, -0.2) is 4.98 Å². The zero-order valence-electron chi connectivity index (χ0n) is 10.3. The van der Waals surface area contributed by atoms with Gasteiger partial charge in [-0.1, -0.05) is 0 Å². The van der Waals surface area contributed by atoms with E-state index < -0.39 is 0 Å². The largest absolute Gasteiger partial charge is 0.475 e. The van der Waals surface area contributed by atoms with E-state index in [0.29, 0.717) is 18.4 Å². The number of aromatic amines is 1. The molecule has 0 spiro atoms. The Morgan fingerprint density at radius 1 is 1.42 bits per heavy atom. The maximum atomic E-state index is 5.64. The monoisotopic (exact) mass is 324 g/mol. The van der Waals surface area contributed by atoms with Crippen LogP contribution < -0.4 is 15.4 Å². The molecule has 2 aromatic rings. The predicted molar refractivity (Wildman–Crippen MR) is 74.9 cm³/mol. The minimum Gasteiger partial charge on any atom is -0.475 e. The molecule has 2 bridgehead atoms. The van der Waals surface area contributed by atoms with E-state index in [1.165, 1.54) is 0 Å². The Balaban J connectivity index is 2.01. The van der Waals surface area contributed by atoms with Crippen molar-refractivity contribution < 1.29 is 4.74 Å². The minimum atomic E-state index is 0.502. The van der Waals surface area contributed by atoms with Gasteiger partial charge in [-0.05, 0) is 29.3 Å². The van der Waals surface area contributed by atoms with Crippen molar-refractivity contribution in [3.63, 3.8) is 0 Å². The summed E-state index contributed by atoms with van der Waals surface area (Å²) in [5, 5.41) is 13.4. The fourth-order valence-electron chi connectivity index (χ4n) is 1.77. The molecular weight excluding hydrogens is 312 g/mol. The van der Waals surface area contributed by atoms with Crippen molar-refractivity contribution in [3.05, 3.63) is 16.4 Å². The van der Waals surface area contributed by atoms with E-state index in [0.717, 1.165) is 34.6 Å². The average Bonchev–Trinajstić information content (AvgIpc) is 2.72. The van der Waals surface area contributed by atoms with E-state index in [-0.39, 0.29) is 0 Å². The second-order valence-electron chi connectivity index (χ2n) is 4.17. The highest BCUT2D eigenvalue weighted by Crippen LogP contribution is 2.29. The van der Waals surface area contributed by atoms with E-state index in [4.69, 9.17) is 4.74 Å². The van der Waals surface area contributed by atoms with Gasteiger partial charge in [0.05, 0.1) is 16.8 Å². The molecule has 3 rings (SSSR count). The molecule has 7 nitrogen and oxygen atoms in total. The number of hydrogen-bond donors (Lipinski definition) is 3. The summed E-state index contributed by atoms with van der Waals surface area (Å²) in [6.45, 7) is 3.28. The van der Waals surface area contributed by atoms with Gasteiger partial charge in [0, 0.05) is 12.7 Å². The van der Waals surface area contributed by atoms with Gasteiger partial charge in [-0.3, -0.25) is 5.10 Å². The number of halogens is 1. The van der Waals surface area contributed by atoms with Crippen LogP contribution in [0.1, 0.15) is 12.1 Å². The Kier molecular flexibility index (Phi) is 3.24. The summed E-state index contributed by atoms with van der Waals surface area (Å²) in [6.07, 6.45) is 2.57. The molecule has 3 heterocycles. The van der Waals surface area contributed by atoms with Crippen molar-refractivity contribution in [2.24, 2.45) is 0 Å². The third-order valence-electron chi connectivity index (χ3n) is 2.75. The lowest BCUT2D eigenvalue weighted by Crippen LogP contribution is -2.08. The molecule has 0 saturated heterocycles. The summed E-state index contributed by atoms with van der Waals surface area (Å²) in [4.78, 5) is 8.64. The van der Waals surface area contributed by atoms with Gasteiger partial charge in [0.15, 0.2) is 0 Å². The molecule has 1 aliphatic heterocycles. The Hall–Kier alpha value is -1.83. The van der Waals surface area contributed by atoms with E-state index in [1.54, 1.807) is 6.20 Å². The number of aryl methyl sites for hydroxylation is 1. The second-order valence-corrected chi connectivity index (χ2v) is 5.03. The van der Waals surface area contributed by atoms with Crippen molar-refractivity contribution in [1.29, 1.82) is 0 Å². The maximum Gasteiger partial charge on any atom is 0.256 e. The summed E-state index contributed by atoms with van der Waals surface area (Å²) in [5.41, 5.74) is 1.66. The van der Waals surface area contributed by atoms with Crippen LogP contribution in [0.3, 0.4) is 0 Å². The predicted octanol–water partition coefficient (Wildman–Crippen LogP) is 2.21. The molecule has 100 valence electrons. The highest BCUT2D eigenvalue weighted by Gasteiger charge is 2.15. The van der Waals surface area contributed by atoms with Crippen molar-refractivity contribution in [3.8, 4) is 5.88 Å². The number of H-pyrrole nitrogens is 1. The first kappa shape index (κ1) is 12.2. The smallest absolute Gasteiger partial charge is 0.256 e. The van der Waals surface area contributed by atoms with Crippen molar-refractivity contribution >= 4 is 33.4 Å². The molecule has 2 aromatic heterocycles. The Morgan fingerprint density at radius 2 is 2.32 bits per heavy atom. The summed E-state index contributed by atoms with van der Waals surface area (Å²) in [6, 6.07) is 0. The Labute approximate surface area is 118 Å². The molecule has 19 heavy (non-hydrogen) atoms. The molecule has 0 atom stereocenters. The molecule has 1 aliphatic rings. The van der Waals surface area contributed by atoms with Gasteiger partial charge >= 0.3 is 0 Å². The number of anilines is 3. The van der Waals surface area contributed by atoms with E-state index in [2.05, 4.69) is 46.7 Å². The molecule has 0 radical (unpaired) electrons. The molecule has 3 N–H and O–H groups in total. The quantitative estimate of drug-likeness (QED) is 0.688. The fraction of sp³-hybridized carbons (Fsp3) is 0.364. The van der Waals surface area contributed by atoms with Crippen LogP contribution in [0.5, 0.6) is 5.88 Å². The molecule has 0 fully saturated rings. The summed E-state index contributed by atoms with van der Waals surface area (Å²) in [5.74, 6) is 1.82. The number of rotatable bonds is 0. The van der Waals surface area contributed by atoms with Crippen LogP contribution in [0.25, 0.3) is 0 Å². The average molecular weight is 325 g/mol. The van der Waals surface area contributed by atoms with Gasteiger partial charge in [-0.15, -0.1) is 5.10 Å². The van der Waals surface area contributed by atoms with Crippen LogP contribution >= 0.6 is 15.9 Å². The lowest BCUT2D eigenvalue weighted by atomic mass is 10.4. The maximum absolute atomic E-state index is 5.64. The van der Waals surface area contributed by atoms with E-state index in [9.17, 15) is 0 Å². The number of hydrogen-bond acceptors (Lipinski definition) is 6. The molecule has 8 heteroatoms. The van der Waals surface area contributed by atoms with Crippen LogP contribution in [-0.2, 0) is 0 Å². The summed E-state index contributed by atoms with van der Waals surface area (Å²) in [7, 11) is 0. The first-order chi connectivity index (χ1) is 9.24. The highest BCUT2D eigenvalue weighted by molar-refractivity contribution is 9.10. The number of aromatic nitrogens is 4. The van der Waals surface area contributed by atoms with Gasteiger partial charge in [0.25, 0.3) is 5.88 Å². The molecule has 0 amide bonds. The van der Waals surface area contributed by atoms with Gasteiger partial charge in [0.1, 0.15) is 11.5 Å². The third kappa shape index (κ3) is 2.48. The Morgan fingerprint density at radius 3 is 3.21 bits per heavy atom. The normalized spacial score (nSPS) is 14.4. The number of nitrogens with zero attached hydrogens (tertiary/aromatic N) is 3. The van der Waals surface area contributed by atoms with Crippen LogP contribution in [0.2, 0.25) is 0 Å². The number of fused-ring (bicyclic) bond motifs is 3. The van der Waals surface area contributed by atoms with Crippen LogP contribution in [0.4, 0.5) is 17.5 Å². The van der Waals surface area contributed by atoms with Crippen molar-refractivity contribution in [2.45, 2.75) is 13.3 Å². The van der Waals surface area contributed by atoms with Crippen molar-refractivity contribution in [1.82, 2.24) is 20.2 Å². The zero-order chi connectivity index (χ0) is 13.2. The summed E-state index contributed by atoms with van der Waals surface area (Å²) < 4.78 is 6.47. The molecule has 0 aromatic carbocycles. The van der Waals surface area contributed by atoms with Gasteiger partial charge in [-0.2, -0.15) is 4.98 Å². The second kappa shape index (κ2) is 5.04. The van der Waals surface area contributed by atoms with E-state index >= 15 is 0 Å². The molecule has 0 aliphatic carbocycles. The van der Waals surface area contributed by atoms with E-state index in [1.807, 2.05) is 6.92 Å². The first-order valence-electron chi connectivity index (χ1n) is 5.95. The summed E-state index contributed by atoms with van der Waals surface area (Å²) >= 11 is 3.42.